The first-order valence-corrected chi connectivity index (χ1v) is 5.89. The van der Waals surface area contributed by atoms with E-state index in [-0.39, 0.29) is 18.0 Å². The first-order valence-electron chi connectivity index (χ1n) is 5.89. The highest BCUT2D eigenvalue weighted by Gasteiger charge is 2.11. The normalized spacial score (nSPS) is 23.6. The van der Waals surface area contributed by atoms with Crippen LogP contribution in [0, 0.1) is 5.92 Å². The van der Waals surface area contributed by atoms with E-state index in [1.54, 1.807) is 6.08 Å². The first-order chi connectivity index (χ1) is 7.59. The van der Waals surface area contributed by atoms with Gasteiger partial charge in [-0.1, -0.05) is 19.9 Å². The second kappa shape index (κ2) is 6.66. The van der Waals surface area contributed by atoms with Gasteiger partial charge in [0, 0.05) is 24.7 Å². The lowest BCUT2D eigenvalue weighted by atomic mass is 10.1. The van der Waals surface area contributed by atoms with E-state index in [1.165, 1.54) is 0 Å². The second-order valence-corrected chi connectivity index (χ2v) is 4.54. The molecule has 16 heavy (non-hydrogen) atoms. The summed E-state index contributed by atoms with van der Waals surface area (Å²) in [7, 11) is 0. The summed E-state index contributed by atoms with van der Waals surface area (Å²) in [5, 5.41) is 6.18. The van der Waals surface area contributed by atoms with Crippen molar-refractivity contribution in [3.05, 3.63) is 12.2 Å². The van der Waals surface area contributed by atoms with E-state index in [0.717, 1.165) is 13.2 Å². The monoisotopic (exact) mass is 226 g/mol. The number of hydrogen-bond donors (Lipinski definition) is 2. The lowest BCUT2D eigenvalue weighted by molar-refractivity contribution is -0.117. The molecule has 0 aromatic heterocycles. The van der Waals surface area contributed by atoms with Crippen LogP contribution in [0.15, 0.2) is 12.2 Å². The summed E-state index contributed by atoms with van der Waals surface area (Å²) in [4.78, 5) is 11.5. The van der Waals surface area contributed by atoms with Gasteiger partial charge in [-0.3, -0.25) is 4.79 Å². The van der Waals surface area contributed by atoms with Gasteiger partial charge in [0.05, 0.1) is 13.2 Å². The molecule has 0 aromatic rings. The Morgan fingerprint density at radius 3 is 2.81 bits per heavy atom. The summed E-state index contributed by atoms with van der Waals surface area (Å²) in [6.45, 7) is 8.43. The summed E-state index contributed by atoms with van der Waals surface area (Å²) >= 11 is 0. The molecule has 1 amide bonds. The summed E-state index contributed by atoms with van der Waals surface area (Å²) in [5.41, 5.74) is 0. The van der Waals surface area contributed by atoms with Gasteiger partial charge >= 0.3 is 0 Å². The van der Waals surface area contributed by atoms with Gasteiger partial charge in [-0.05, 0) is 12.8 Å². The Labute approximate surface area is 97.4 Å². The van der Waals surface area contributed by atoms with Crippen molar-refractivity contribution in [3.8, 4) is 0 Å². The maximum absolute atomic E-state index is 11.5. The van der Waals surface area contributed by atoms with Crippen LogP contribution < -0.4 is 10.6 Å². The number of carbonyl (C=O) groups is 1. The Kier molecular flexibility index (Phi) is 5.49. The van der Waals surface area contributed by atoms with Crippen LogP contribution in [0.1, 0.15) is 20.8 Å². The molecule has 1 saturated heterocycles. The lowest BCUT2D eigenvalue weighted by Crippen LogP contribution is -2.40. The van der Waals surface area contributed by atoms with Crippen LogP contribution in [0.2, 0.25) is 0 Å². The summed E-state index contributed by atoms with van der Waals surface area (Å²) < 4.78 is 5.29. The van der Waals surface area contributed by atoms with Gasteiger partial charge in [0.15, 0.2) is 0 Å². The van der Waals surface area contributed by atoms with Crippen LogP contribution in [0.5, 0.6) is 0 Å². The van der Waals surface area contributed by atoms with Crippen molar-refractivity contribution in [1.82, 2.24) is 10.6 Å². The fraction of sp³-hybridized carbons (Fsp3) is 0.750. The van der Waals surface area contributed by atoms with E-state index in [1.807, 2.05) is 13.0 Å². The average Bonchev–Trinajstić information content (AvgIpc) is 2.27. The Morgan fingerprint density at radius 1 is 1.50 bits per heavy atom. The highest BCUT2D eigenvalue weighted by atomic mass is 16.5. The quantitative estimate of drug-likeness (QED) is 0.694. The van der Waals surface area contributed by atoms with E-state index in [0.29, 0.717) is 12.5 Å². The zero-order valence-corrected chi connectivity index (χ0v) is 10.3. The molecule has 1 aliphatic rings. The number of hydrogen-bond acceptors (Lipinski definition) is 3. The van der Waals surface area contributed by atoms with Gasteiger partial charge in [-0.15, -0.1) is 0 Å². The van der Waals surface area contributed by atoms with Crippen molar-refractivity contribution in [2.24, 2.45) is 5.92 Å². The van der Waals surface area contributed by atoms with Gasteiger partial charge < -0.3 is 15.4 Å². The number of ether oxygens (including phenoxy) is 1. The van der Waals surface area contributed by atoms with Crippen LogP contribution in [0.3, 0.4) is 0 Å². The molecule has 0 aromatic carbocycles. The smallest absolute Gasteiger partial charge is 0.243 e. The SMILES string of the molecule is CC(C)C(C)NC(=O)/C=C\C1COCCN1. The predicted octanol–water partition coefficient (Wildman–Crippen LogP) is 0.692. The minimum Gasteiger partial charge on any atom is -0.378 e. The molecule has 4 heteroatoms. The molecular weight excluding hydrogens is 204 g/mol. The van der Waals surface area contributed by atoms with E-state index >= 15 is 0 Å². The summed E-state index contributed by atoms with van der Waals surface area (Å²) in [5.74, 6) is 0.419. The summed E-state index contributed by atoms with van der Waals surface area (Å²) in [6, 6.07) is 0.363. The fourth-order valence-corrected chi connectivity index (χ4v) is 1.35. The third-order valence-corrected chi connectivity index (χ3v) is 2.80. The van der Waals surface area contributed by atoms with Gasteiger partial charge in [-0.25, -0.2) is 0 Å². The molecule has 2 unspecified atom stereocenters. The maximum atomic E-state index is 11.5. The molecule has 0 radical (unpaired) electrons. The molecule has 2 atom stereocenters. The molecular formula is C12H22N2O2. The van der Waals surface area contributed by atoms with Crippen molar-refractivity contribution < 1.29 is 9.53 Å². The first kappa shape index (κ1) is 13.2. The van der Waals surface area contributed by atoms with E-state index in [2.05, 4.69) is 24.5 Å². The van der Waals surface area contributed by atoms with Crippen molar-refractivity contribution >= 4 is 5.91 Å². The molecule has 0 spiro atoms. The van der Waals surface area contributed by atoms with Gasteiger partial charge in [0.25, 0.3) is 0 Å². The Balaban J connectivity index is 2.29. The third-order valence-electron chi connectivity index (χ3n) is 2.80. The maximum Gasteiger partial charge on any atom is 0.243 e. The Morgan fingerprint density at radius 2 is 2.25 bits per heavy atom. The standard InChI is InChI=1S/C12H22N2O2/c1-9(2)10(3)14-12(15)5-4-11-8-16-7-6-13-11/h4-5,9-11,13H,6-8H2,1-3H3,(H,14,15)/b5-4-. The van der Waals surface area contributed by atoms with Crippen molar-refractivity contribution in [2.75, 3.05) is 19.8 Å². The van der Waals surface area contributed by atoms with Crippen molar-refractivity contribution in [1.29, 1.82) is 0 Å². The van der Waals surface area contributed by atoms with E-state index in [9.17, 15) is 4.79 Å². The van der Waals surface area contributed by atoms with Crippen LogP contribution in [0.25, 0.3) is 0 Å². The number of morpholine rings is 1. The van der Waals surface area contributed by atoms with Crippen LogP contribution in [-0.4, -0.2) is 37.7 Å². The molecule has 1 rings (SSSR count). The molecule has 2 N–H and O–H groups in total. The van der Waals surface area contributed by atoms with Gasteiger partial charge in [0.1, 0.15) is 0 Å². The van der Waals surface area contributed by atoms with E-state index < -0.39 is 0 Å². The van der Waals surface area contributed by atoms with Gasteiger partial charge in [-0.2, -0.15) is 0 Å². The number of nitrogens with one attached hydrogen (secondary N) is 2. The molecule has 92 valence electrons. The highest BCUT2D eigenvalue weighted by molar-refractivity contribution is 5.87. The summed E-state index contributed by atoms with van der Waals surface area (Å²) in [6.07, 6.45) is 3.45. The molecule has 4 nitrogen and oxygen atoms in total. The Bertz CT molecular complexity index is 245. The number of rotatable bonds is 4. The zero-order valence-electron chi connectivity index (χ0n) is 10.3. The Hall–Kier alpha value is -0.870. The van der Waals surface area contributed by atoms with Crippen molar-refractivity contribution in [3.63, 3.8) is 0 Å². The zero-order chi connectivity index (χ0) is 12.0. The molecule has 1 aliphatic heterocycles. The lowest BCUT2D eigenvalue weighted by Gasteiger charge is -2.21. The molecule has 0 bridgehead atoms. The topological polar surface area (TPSA) is 50.4 Å². The number of carbonyl (C=O) groups excluding carboxylic acids is 1. The fourth-order valence-electron chi connectivity index (χ4n) is 1.35. The molecule has 1 fully saturated rings. The second-order valence-electron chi connectivity index (χ2n) is 4.54. The van der Waals surface area contributed by atoms with Crippen LogP contribution in [0.4, 0.5) is 0 Å². The minimum atomic E-state index is -0.0337. The molecule has 1 heterocycles. The van der Waals surface area contributed by atoms with Gasteiger partial charge in [0.2, 0.25) is 5.91 Å². The molecule has 0 aliphatic carbocycles. The van der Waals surface area contributed by atoms with Crippen LogP contribution in [-0.2, 0) is 9.53 Å². The van der Waals surface area contributed by atoms with Crippen molar-refractivity contribution in [2.45, 2.75) is 32.9 Å². The minimum absolute atomic E-state index is 0.0337. The average molecular weight is 226 g/mol. The number of amides is 1. The van der Waals surface area contributed by atoms with Crippen LogP contribution >= 0.6 is 0 Å². The highest BCUT2D eigenvalue weighted by Crippen LogP contribution is 2.00. The third kappa shape index (κ3) is 4.77. The molecule has 0 saturated carbocycles. The van der Waals surface area contributed by atoms with E-state index in [4.69, 9.17) is 4.74 Å². The predicted molar refractivity (Wildman–Crippen MR) is 64.2 cm³/mol. The largest absolute Gasteiger partial charge is 0.378 e.